The molecule has 0 aromatic rings. The third-order valence-corrected chi connectivity index (χ3v) is 2.39. The van der Waals surface area contributed by atoms with E-state index in [0.29, 0.717) is 12.3 Å². The molecule has 0 aliphatic rings. The van der Waals surface area contributed by atoms with Gasteiger partial charge in [0.1, 0.15) is 0 Å². The minimum atomic E-state index is -0.185. The van der Waals surface area contributed by atoms with Gasteiger partial charge in [-0.15, -0.1) is 0 Å². The molecule has 14 heavy (non-hydrogen) atoms. The van der Waals surface area contributed by atoms with Crippen molar-refractivity contribution in [2.45, 2.75) is 52.9 Å². The molecule has 1 unspecified atom stereocenters. The highest BCUT2D eigenvalue weighted by Crippen LogP contribution is 2.10. The van der Waals surface area contributed by atoms with Crippen LogP contribution in [0.25, 0.3) is 0 Å². The lowest BCUT2D eigenvalue weighted by Crippen LogP contribution is -2.25. The lowest BCUT2D eigenvalue weighted by molar-refractivity contribution is -0.151. The lowest BCUT2D eigenvalue weighted by Gasteiger charge is -2.14. The molecule has 0 bridgehead atoms. The van der Waals surface area contributed by atoms with Crippen molar-refractivity contribution in [1.29, 1.82) is 0 Å². The summed E-state index contributed by atoms with van der Waals surface area (Å²) in [5.74, 6) is 0.440. The quantitative estimate of drug-likeness (QED) is 0.613. The van der Waals surface area contributed by atoms with E-state index in [1.165, 1.54) is 19.3 Å². The van der Waals surface area contributed by atoms with E-state index in [1.54, 1.807) is 6.92 Å². The van der Waals surface area contributed by atoms with Crippen LogP contribution in [0.4, 0.5) is 0 Å². The van der Waals surface area contributed by atoms with Gasteiger partial charge < -0.3 is 4.84 Å². The Balaban J connectivity index is 3.46. The Bertz CT molecular complexity index is 148. The van der Waals surface area contributed by atoms with Gasteiger partial charge in [0, 0.05) is 13.0 Å². The number of unbranched alkanes of at least 4 members (excludes halogenated alkanes) is 1. The predicted molar refractivity (Wildman–Crippen MR) is 57.7 cm³/mol. The van der Waals surface area contributed by atoms with Gasteiger partial charge >= 0.3 is 5.97 Å². The van der Waals surface area contributed by atoms with Gasteiger partial charge in [-0.1, -0.05) is 40.0 Å². The molecule has 0 saturated carbocycles. The summed E-state index contributed by atoms with van der Waals surface area (Å²) in [5, 5.41) is 0. The summed E-state index contributed by atoms with van der Waals surface area (Å²) in [4.78, 5) is 15.6. The fraction of sp³-hybridized carbons (Fsp3) is 0.909. The van der Waals surface area contributed by atoms with Crippen molar-refractivity contribution >= 4 is 5.97 Å². The lowest BCUT2D eigenvalue weighted by atomic mass is 10.00. The molecule has 0 spiro atoms. The Hall–Kier alpha value is -0.570. The van der Waals surface area contributed by atoms with E-state index in [-0.39, 0.29) is 5.97 Å². The van der Waals surface area contributed by atoms with Gasteiger partial charge in [0.2, 0.25) is 0 Å². The van der Waals surface area contributed by atoms with Crippen molar-refractivity contribution in [3.05, 3.63) is 0 Å². The zero-order valence-corrected chi connectivity index (χ0v) is 9.64. The summed E-state index contributed by atoms with van der Waals surface area (Å²) in [6, 6.07) is 0. The van der Waals surface area contributed by atoms with Crippen LogP contribution in [0.1, 0.15) is 52.9 Å². The van der Waals surface area contributed by atoms with Crippen LogP contribution in [0.3, 0.4) is 0 Å². The van der Waals surface area contributed by atoms with Crippen LogP contribution in [-0.2, 0) is 9.63 Å². The molecule has 0 aliphatic carbocycles. The van der Waals surface area contributed by atoms with Crippen molar-refractivity contribution in [3.63, 3.8) is 0 Å². The molecule has 84 valence electrons. The van der Waals surface area contributed by atoms with Gasteiger partial charge in [0.25, 0.3) is 0 Å². The third kappa shape index (κ3) is 6.89. The molecule has 3 nitrogen and oxygen atoms in total. The molecule has 0 radical (unpaired) electrons. The standard InChI is InChI=1S/C11H23NO2/c1-4-7-8-10(5-2)9-12-14-11(13)6-3/h10,12H,4-9H2,1-3H3. The normalized spacial score (nSPS) is 12.5. The Labute approximate surface area is 87.2 Å². The van der Waals surface area contributed by atoms with Crippen molar-refractivity contribution < 1.29 is 9.63 Å². The van der Waals surface area contributed by atoms with Crippen LogP contribution in [0.2, 0.25) is 0 Å². The van der Waals surface area contributed by atoms with Crippen molar-refractivity contribution in [2.75, 3.05) is 6.54 Å². The average Bonchev–Trinajstić information content (AvgIpc) is 2.22. The first kappa shape index (κ1) is 13.4. The van der Waals surface area contributed by atoms with E-state index < -0.39 is 0 Å². The number of hydroxylamine groups is 1. The highest BCUT2D eigenvalue weighted by atomic mass is 16.7. The van der Waals surface area contributed by atoms with E-state index in [4.69, 9.17) is 4.84 Å². The molecule has 0 aromatic heterocycles. The van der Waals surface area contributed by atoms with Gasteiger partial charge in [-0.2, -0.15) is 5.48 Å². The molecule has 0 aliphatic heterocycles. The van der Waals surface area contributed by atoms with Gasteiger partial charge in [-0.05, 0) is 12.3 Å². The summed E-state index contributed by atoms with van der Waals surface area (Å²) in [5.41, 5.74) is 2.75. The van der Waals surface area contributed by atoms with Crippen LogP contribution >= 0.6 is 0 Å². The minimum absolute atomic E-state index is 0.185. The highest BCUT2D eigenvalue weighted by molar-refractivity contribution is 5.68. The van der Waals surface area contributed by atoms with Gasteiger partial charge in [0.05, 0.1) is 0 Å². The number of rotatable bonds is 8. The Morgan fingerprint density at radius 3 is 2.57 bits per heavy atom. The zero-order valence-electron chi connectivity index (χ0n) is 9.64. The third-order valence-electron chi connectivity index (χ3n) is 2.39. The fourth-order valence-corrected chi connectivity index (χ4v) is 1.26. The van der Waals surface area contributed by atoms with Crippen LogP contribution < -0.4 is 5.48 Å². The fourth-order valence-electron chi connectivity index (χ4n) is 1.26. The maximum absolute atomic E-state index is 10.8. The second kappa shape index (κ2) is 9.00. The number of hydrogen-bond donors (Lipinski definition) is 1. The Kier molecular flexibility index (Phi) is 8.64. The molecular weight excluding hydrogens is 178 g/mol. The van der Waals surface area contributed by atoms with Crippen LogP contribution in [0.15, 0.2) is 0 Å². The molecule has 1 N–H and O–H groups in total. The van der Waals surface area contributed by atoms with Crippen LogP contribution in [-0.4, -0.2) is 12.5 Å². The Morgan fingerprint density at radius 2 is 2.07 bits per heavy atom. The molecule has 0 heterocycles. The average molecular weight is 201 g/mol. The first-order valence-electron chi connectivity index (χ1n) is 5.67. The minimum Gasteiger partial charge on any atom is -0.371 e. The van der Waals surface area contributed by atoms with E-state index in [0.717, 1.165) is 13.0 Å². The van der Waals surface area contributed by atoms with Crippen LogP contribution in [0.5, 0.6) is 0 Å². The summed E-state index contributed by atoms with van der Waals surface area (Å²) < 4.78 is 0. The predicted octanol–water partition coefficient (Wildman–Crippen LogP) is 2.66. The SMILES string of the molecule is CCCCC(CC)CNOC(=O)CC. The summed E-state index contributed by atoms with van der Waals surface area (Å²) in [6.45, 7) is 6.93. The van der Waals surface area contributed by atoms with Crippen LogP contribution in [0, 0.1) is 5.92 Å². The largest absolute Gasteiger partial charge is 0.371 e. The second-order valence-corrected chi connectivity index (χ2v) is 3.59. The Morgan fingerprint density at radius 1 is 1.36 bits per heavy atom. The number of nitrogens with one attached hydrogen (secondary N) is 1. The molecule has 3 heteroatoms. The van der Waals surface area contributed by atoms with E-state index in [9.17, 15) is 4.79 Å². The van der Waals surface area contributed by atoms with Gasteiger partial charge in [-0.25, -0.2) is 0 Å². The first-order chi connectivity index (χ1) is 6.74. The second-order valence-electron chi connectivity index (χ2n) is 3.59. The summed E-state index contributed by atoms with van der Waals surface area (Å²) in [6.07, 6.45) is 5.26. The smallest absolute Gasteiger partial charge is 0.324 e. The molecule has 0 amide bonds. The number of carbonyl (C=O) groups excluding carboxylic acids is 1. The van der Waals surface area contributed by atoms with Gasteiger partial charge in [-0.3, -0.25) is 4.79 Å². The molecule has 0 saturated heterocycles. The topological polar surface area (TPSA) is 38.3 Å². The molecule has 0 fully saturated rings. The summed E-state index contributed by atoms with van der Waals surface area (Å²) in [7, 11) is 0. The van der Waals surface area contributed by atoms with Crippen molar-refractivity contribution in [1.82, 2.24) is 5.48 Å². The van der Waals surface area contributed by atoms with Crippen molar-refractivity contribution in [3.8, 4) is 0 Å². The number of hydrogen-bond acceptors (Lipinski definition) is 3. The number of carbonyl (C=O) groups is 1. The highest BCUT2D eigenvalue weighted by Gasteiger charge is 2.06. The van der Waals surface area contributed by atoms with E-state index in [1.807, 2.05) is 0 Å². The molecule has 1 atom stereocenters. The monoisotopic (exact) mass is 201 g/mol. The molecular formula is C11H23NO2. The zero-order chi connectivity index (χ0) is 10.8. The van der Waals surface area contributed by atoms with Gasteiger partial charge in [0.15, 0.2) is 0 Å². The van der Waals surface area contributed by atoms with E-state index in [2.05, 4.69) is 19.3 Å². The van der Waals surface area contributed by atoms with E-state index >= 15 is 0 Å². The first-order valence-corrected chi connectivity index (χ1v) is 5.67. The maximum atomic E-state index is 10.8. The molecule has 0 aromatic carbocycles. The van der Waals surface area contributed by atoms with Crippen molar-refractivity contribution in [2.24, 2.45) is 5.92 Å². The molecule has 0 rings (SSSR count). The summed E-state index contributed by atoms with van der Waals surface area (Å²) >= 11 is 0. The maximum Gasteiger partial charge on any atom is 0.324 e.